The molecule has 0 spiro atoms. The highest BCUT2D eigenvalue weighted by molar-refractivity contribution is 6.21. The zero-order valence-corrected chi connectivity index (χ0v) is 14.3. The summed E-state index contributed by atoms with van der Waals surface area (Å²) in [6, 6.07) is 0. The molecule has 0 radical (unpaired) electrons. The van der Waals surface area contributed by atoms with E-state index in [1.807, 2.05) is 0 Å². The Bertz CT molecular complexity index is 667. The second kappa shape index (κ2) is 10.5. The zero-order valence-electron chi connectivity index (χ0n) is 14.3. The van der Waals surface area contributed by atoms with Gasteiger partial charge in [0, 0.05) is 32.3 Å². The number of hydrogen-bond donors (Lipinski definition) is 0. The van der Waals surface area contributed by atoms with Crippen molar-refractivity contribution in [3.8, 4) is 0 Å². The van der Waals surface area contributed by atoms with Crippen LogP contribution in [0, 0.1) is 0 Å². The summed E-state index contributed by atoms with van der Waals surface area (Å²) in [6.45, 7) is 1.84. The molecule has 146 valence electrons. The molecule has 2 saturated heterocycles. The Balaban J connectivity index is 0.000000271. The quantitative estimate of drug-likeness (QED) is 0.229. The van der Waals surface area contributed by atoms with Crippen molar-refractivity contribution < 1.29 is 48.0 Å². The van der Waals surface area contributed by atoms with Crippen molar-refractivity contribution in [3.05, 3.63) is 5.53 Å². The maximum atomic E-state index is 11.0. The van der Waals surface area contributed by atoms with E-state index in [9.17, 15) is 28.8 Å². The summed E-state index contributed by atoms with van der Waals surface area (Å²) in [4.78, 5) is 76.4. The van der Waals surface area contributed by atoms with E-state index in [2.05, 4.69) is 14.5 Å². The van der Waals surface area contributed by atoms with Gasteiger partial charge in [-0.2, -0.15) is 4.79 Å². The minimum atomic E-state index is -1.08. The van der Waals surface area contributed by atoms with Crippen molar-refractivity contribution in [1.82, 2.24) is 10.1 Å². The summed E-state index contributed by atoms with van der Waals surface area (Å²) < 4.78 is 4.75. The Morgan fingerprint density at radius 3 is 1.81 bits per heavy atom. The molecule has 2 aliphatic rings. The molecule has 0 aliphatic carbocycles. The minimum absolute atomic E-state index is 0.0301. The normalized spacial score (nSPS) is 15.9. The van der Waals surface area contributed by atoms with Crippen LogP contribution in [-0.4, -0.2) is 69.9 Å². The smallest absolute Gasteiger partial charge is 0.370 e. The third kappa shape index (κ3) is 6.76. The summed E-state index contributed by atoms with van der Waals surface area (Å²) in [5, 5.41) is 0.866. The van der Waals surface area contributed by atoms with Gasteiger partial charge in [-0.05, 0) is 6.92 Å². The number of amides is 4. The number of ether oxygens (including phenoxy) is 1. The lowest BCUT2D eigenvalue weighted by Crippen LogP contribution is -2.33. The largest absolute Gasteiger partial charge is 0.438 e. The molecular weight excluding hydrogens is 368 g/mol. The predicted molar refractivity (Wildman–Crippen MR) is 80.5 cm³/mol. The third-order valence-corrected chi connectivity index (χ3v) is 2.97. The van der Waals surface area contributed by atoms with E-state index in [0.717, 1.165) is 0 Å². The van der Waals surface area contributed by atoms with Gasteiger partial charge in [-0.25, -0.2) is 9.59 Å². The van der Waals surface area contributed by atoms with E-state index in [4.69, 9.17) is 10.3 Å². The molecule has 0 aromatic carbocycles. The molecule has 0 atom stereocenters. The van der Waals surface area contributed by atoms with Gasteiger partial charge in [0.25, 0.3) is 23.6 Å². The number of rotatable bonds is 6. The van der Waals surface area contributed by atoms with Crippen LogP contribution in [0.25, 0.3) is 5.53 Å². The Hall–Kier alpha value is -3.44. The first-order valence-electron chi connectivity index (χ1n) is 7.69. The Labute approximate surface area is 152 Å². The maximum Gasteiger partial charge on any atom is 0.438 e. The van der Waals surface area contributed by atoms with Gasteiger partial charge in [-0.3, -0.25) is 19.2 Å². The van der Waals surface area contributed by atoms with Crippen LogP contribution in [0.1, 0.15) is 32.6 Å². The van der Waals surface area contributed by atoms with Crippen molar-refractivity contribution in [1.29, 1.82) is 0 Å². The molecule has 2 aliphatic heterocycles. The van der Waals surface area contributed by atoms with Crippen molar-refractivity contribution in [2.45, 2.75) is 32.6 Å². The highest BCUT2D eigenvalue weighted by atomic mass is 16.7. The van der Waals surface area contributed by atoms with Crippen molar-refractivity contribution >= 4 is 41.8 Å². The molecule has 13 heteroatoms. The molecule has 0 saturated carbocycles. The summed E-state index contributed by atoms with van der Waals surface area (Å²) in [5.74, 6) is -3.95. The molecule has 0 bridgehead atoms. The lowest BCUT2D eigenvalue weighted by Gasteiger charge is -2.11. The number of hydrogen-bond acceptors (Lipinski definition) is 9. The van der Waals surface area contributed by atoms with Crippen LogP contribution < -0.4 is 0 Å². The Morgan fingerprint density at radius 2 is 1.41 bits per heavy atom. The first kappa shape index (κ1) is 21.6. The standard InChI is InChI=1S/C8H11NO5.C6H5N3O4/c1-2-13-5-8(12)14-9-6(10)3-4-7(9)11;7-8-3-6(12)13-9-4(10)1-2-5(9)11/h2-5H2,1H3;3H,1-2H2. The van der Waals surface area contributed by atoms with E-state index < -0.39 is 35.6 Å². The minimum Gasteiger partial charge on any atom is -0.370 e. The lowest BCUT2D eigenvalue weighted by atomic mass is 10.4. The summed E-state index contributed by atoms with van der Waals surface area (Å²) in [5.41, 5.74) is 7.92. The van der Waals surface area contributed by atoms with E-state index in [0.29, 0.717) is 22.9 Å². The van der Waals surface area contributed by atoms with Gasteiger partial charge in [-0.1, -0.05) is 0 Å². The van der Waals surface area contributed by atoms with Gasteiger partial charge in [0.1, 0.15) is 6.61 Å². The number of imide groups is 2. The molecule has 0 unspecified atom stereocenters. The Morgan fingerprint density at radius 1 is 0.963 bits per heavy atom. The first-order valence-corrected chi connectivity index (χ1v) is 7.69. The maximum absolute atomic E-state index is 11.0. The van der Waals surface area contributed by atoms with Crippen LogP contribution in [0.15, 0.2) is 0 Å². The first-order chi connectivity index (χ1) is 12.8. The van der Waals surface area contributed by atoms with E-state index >= 15 is 0 Å². The predicted octanol–water partition coefficient (Wildman–Crippen LogP) is -1.48. The topological polar surface area (TPSA) is 173 Å². The average Bonchev–Trinajstić information content (AvgIpc) is 3.11. The molecule has 13 nitrogen and oxygen atoms in total. The van der Waals surface area contributed by atoms with Crippen molar-refractivity contribution in [2.24, 2.45) is 0 Å². The molecule has 0 aromatic heterocycles. The van der Waals surface area contributed by atoms with Crippen LogP contribution in [0.4, 0.5) is 0 Å². The highest BCUT2D eigenvalue weighted by Gasteiger charge is 2.33. The molecule has 2 rings (SSSR count). The molecule has 4 amide bonds. The van der Waals surface area contributed by atoms with Crippen molar-refractivity contribution in [3.63, 3.8) is 0 Å². The molecule has 0 N–H and O–H groups in total. The molecule has 0 aromatic rings. The fourth-order valence-electron chi connectivity index (χ4n) is 1.79. The Kier molecular flexibility index (Phi) is 8.42. The number of nitrogens with zero attached hydrogens (tertiary/aromatic N) is 4. The third-order valence-electron chi connectivity index (χ3n) is 2.97. The second-order valence-electron chi connectivity index (χ2n) is 4.92. The summed E-state index contributed by atoms with van der Waals surface area (Å²) >= 11 is 0. The van der Waals surface area contributed by atoms with Crippen LogP contribution in [0.3, 0.4) is 0 Å². The highest BCUT2D eigenvalue weighted by Crippen LogP contribution is 2.12. The molecular formula is C14H16N4O9. The van der Waals surface area contributed by atoms with Gasteiger partial charge >= 0.3 is 18.2 Å². The fourth-order valence-corrected chi connectivity index (χ4v) is 1.79. The summed E-state index contributed by atoms with van der Waals surface area (Å²) in [6.07, 6.45) is 0.700. The molecule has 2 fully saturated rings. The summed E-state index contributed by atoms with van der Waals surface area (Å²) in [7, 11) is 0. The van der Waals surface area contributed by atoms with E-state index in [1.165, 1.54) is 0 Å². The lowest BCUT2D eigenvalue weighted by molar-refractivity contribution is -0.200. The monoisotopic (exact) mass is 384 g/mol. The number of hydroxylamine groups is 4. The van der Waals surface area contributed by atoms with E-state index in [1.54, 1.807) is 6.92 Å². The van der Waals surface area contributed by atoms with Crippen LogP contribution in [0.2, 0.25) is 0 Å². The molecule has 27 heavy (non-hydrogen) atoms. The van der Waals surface area contributed by atoms with E-state index in [-0.39, 0.29) is 32.3 Å². The van der Waals surface area contributed by atoms with Gasteiger partial charge in [0.15, 0.2) is 0 Å². The van der Waals surface area contributed by atoms with Crippen molar-refractivity contribution in [2.75, 3.05) is 13.2 Å². The van der Waals surface area contributed by atoms with Gasteiger partial charge < -0.3 is 19.9 Å². The average molecular weight is 384 g/mol. The fraction of sp³-hybridized carbons (Fsp3) is 0.500. The van der Waals surface area contributed by atoms with Gasteiger partial charge in [0.05, 0.1) is 0 Å². The zero-order chi connectivity index (χ0) is 20.4. The number of carbonyl (C=O) groups excluding carboxylic acids is 6. The molecule has 2 heterocycles. The van der Waals surface area contributed by atoms with Crippen LogP contribution in [0.5, 0.6) is 0 Å². The second-order valence-corrected chi connectivity index (χ2v) is 4.92. The van der Waals surface area contributed by atoms with Gasteiger partial charge in [0.2, 0.25) is 0 Å². The SMILES string of the molecule is CCOCC(=O)ON1C(=O)CCC1=O.[N-]=[N+]=CC(=O)ON1C(=O)CCC1=O. The van der Waals surface area contributed by atoms with Crippen LogP contribution in [-0.2, 0) is 43.2 Å². The van der Waals surface area contributed by atoms with Gasteiger partial charge in [-0.15, -0.1) is 10.1 Å². The van der Waals surface area contributed by atoms with Crippen LogP contribution >= 0.6 is 0 Å². The number of carbonyl (C=O) groups is 6.